The zero-order chi connectivity index (χ0) is 6.69. The summed E-state index contributed by atoms with van der Waals surface area (Å²) in [5.74, 6) is 0. The van der Waals surface area contributed by atoms with E-state index in [0.29, 0.717) is 0 Å². The van der Waals surface area contributed by atoms with Gasteiger partial charge in [-0.25, -0.2) is 0 Å². The molecule has 1 heterocycles. The first-order chi connectivity index (χ1) is 4.34. The first kappa shape index (κ1) is 7.37. The minimum Gasteiger partial charge on any atom is -0.149 e. The highest BCUT2D eigenvalue weighted by Gasteiger charge is 2.00. The largest absolute Gasteiger partial charge is 0.163 e. The highest BCUT2D eigenvalue weighted by Crippen LogP contribution is 2.45. The van der Waals surface area contributed by atoms with Crippen molar-refractivity contribution in [2.24, 2.45) is 0 Å². The van der Waals surface area contributed by atoms with Gasteiger partial charge < -0.3 is 0 Å². The number of hydrogen-bond donors (Lipinski definition) is 1. The van der Waals surface area contributed by atoms with Crippen LogP contribution in [0.4, 0.5) is 0 Å². The topological polar surface area (TPSA) is 25.8 Å². The summed E-state index contributed by atoms with van der Waals surface area (Å²) >= 11 is 1.58. The lowest BCUT2D eigenvalue weighted by molar-refractivity contribution is 1.01. The Morgan fingerprint density at radius 2 is 2.67 bits per heavy atom. The van der Waals surface area contributed by atoms with Gasteiger partial charge in [-0.05, 0) is 12.5 Å². The summed E-state index contributed by atoms with van der Waals surface area (Å²) in [6, 6.07) is 0. The van der Waals surface area contributed by atoms with Gasteiger partial charge in [0.05, 0.1) is 0 Å². The fourth-order valence-corrected chi connectivity index (χ4v) is 3.19. The Balaban J connectivity index is 2.65. The molecule has 0 aliphatic rings. The van der Waals surface area contributed by atoms with Gasteiger partial charge in [0.2, 0.25) is 0 Å². The molecule has 1 atom stereocenters. The van der Waals surface area contributed by atoms with Crippen LogP contribution in [-0.4, -0.2) is 16.5 Å². The minimum atomic E-state index is -0.325. The van der Waals surface area contributed by atoms with Crippen molar-refractivity contribution in [1.82, 2.24) is 10.2 Å². The van der Waals surface area contributed by atoms with Crippen molar-refractivity contribution in [2.75, 3.05) is 6.26 Å². The quantitative estimate of drug-likeness (QED) is 0.555. The SMILES string of the molecule is [CH2][SH](SC)c1nncs1. The third kappa shape index (κ3) is 1.84. The van der Waals surface area contributed by atoms with Crippen LogP contribution in [0.3, 0.4) is 0 Å². The molecule has 0 spiro atoms. The molecule has 0 fully saturated rings. The molecular weight excluding hydrogens is 172 g/mol. The van der Waals surface area contributed by atoms with Crippen LogP contribution in [0, 0.1) is 6.26 Å². The van der Waals surface area contributed by atoms with E-state index in [9.17, 15) is 0 Å². The van der Waals surface area contributed by atoms with Crippen LogP contribution in [0.5, 0.6) is 0 Å². The normalized spacial score (nSPS) is 15.6. The molecule has 0 saturated heterocycles. The fraction of sp³-hybridized carbons (Fsp3) is 0.250. The Morgan fingerprint density at radius 3 is 3.11 bits per heavy atom. The summed E-state index contributed by atoms with van der Waals surface area (Å²) in [7, 11) is 1.42. The number of rotatable bonds is 2. The average molecular weight is 179 g/mol. The lowest BCUT2D eigenvalue weighted by Crippen LogP contribution is -1.70. The molecule has 2 nitrogen and oxygen atoms in total. The molecule has 1 rings (SSSR count). The van der Waals surface area contributed by atoms with E-state index in [0.717, 1.165) is 4.34 Å². The first-order valence-corrected chi connectivity index (χ1v) is 6.49. The molecule has 5 heteroatoms. The van der Waals surface area contributed by atoms with Crippen LogP contribution in [0.25, 0.3) is 0 Å². The molecule has 51 valence electrons. The van der Waals surface area contributed by atoms with Crippen molar-refractivity contribution in [3.63, 3.8) is 0 Å². The standard InChI is InChI=1S/C4H7N2S3/c1-7-9(2)4-6-5-3-8-4/h3,9H,2H2,1H3. The van der Waals surface area contributed by atoms with Crippen LogP contribution in [0.1, 0.15) is 0 Å². The average Bonchev–Trinajstić information content (AvgIpc) is 2.37. The van der Waals surface area contributed by atoms with E-state index < -0.39 is 0 Å². The second kappa shape index (κ2) is 3.43. The van der Waals surface area contributed by atoms with Gasteiger partial charge in [-0.15, -0.1) is 30.9 Å². The number of thiol groups is 1. The second-order valence-corrected chi connectivity index (χ2v) is 6.38. The molecule has 0 aliphatic carbocycles. The summed E-state index contributed by atoms with van der Waals surface area (Å²) in [6.07, 6.45) is 5.98. The maximum Gasteiger partial charge on any atom is 0.163 e. The number of aromatic nitrogens is 2. The highest BCUT2D eigenvalue weighted by molar-refractivity contribution is 8.85. The highest BCUT2D eigenvalue weighted by atomic mass is 33.1. The van der Waals surface area contributed by atoms with E-state index in [4.69, 9.17) is 0 Å². The molecular formula is C4H7N2S3. The van der Waals surface area contributed by atoms with Crippen molar-refractivity contribution in [1.29, 1.82) is 0 Å². The van der Waals surface area contributed by atoms with E-state index in [2.05, 4.69) is 16.5 Å². The lowest BCUT2D eigenvalue weighted by atomic mass is 11.6. The summed E-state index contributed by atoms with van der Waals surface area (Å²) in [6.45, 7) is 0. The molecule has 0 aromatic carbocycles. The van der Waals surface area contributed by atoms with E-state index in [1.54, 1.807) is 27.6 Å². The Kier molecular flexibility index (Phi) is 2.81. The van der Waals surface area contributed by atoms with Gasteiger partial charge in [-0.2, -0.15) is 0 Å². The molecule has 1 aromatic rings. The van der Waals surface area contributed by atoms with Gasteiger partial charge >= 0.3 is 0 Å². The van der Waals surface area contributed by atoms with Crippen molar-refractivity contribution in [2.45, 2.75) is 4.34 Å². The molecule has 0 amide bonds. The molecule has 0 bridgehead atoms. The molecule has 0 saturated carbocycles. The summed E-state index contributed by atoms with van der Waals surface area (Å²) in [4.78, 5) is 0. The lowest BCUT2D eigenvalue weighted by Gasteiger charge is -2.04. The zero-order valence-corrected chi connectivity index (χ0v) is 7.47. The van der Waals surface area contributed by atoms with Gasteiger partial charge in [-0.3, -0.25) is 0 Å². The van der Waals surface area contributed by atoms with Crippen molar-refractivity contribution in [3.8, 4) is 0 Å². The first-order valence-electron chi connectivity index (χ1n) is 2.25. The van der Waals surface area contributed by atoms with E-state index in [1.165, 1.54) is 0 Å². The van der Waals surface area contributed by atoms with E-state index in [-0.39, 0.29) is 9.93 Å². The van der Waals surface area contributed by atoms with Crippen LogP contribution in [-0.2, 0) is 0 Å². The molecule has 1 aromatic heterocycles. The van der Waals surface area contributed by atoms with Crippen LogP contribution in [0.2, 0.25) is 0 Å². The molecule has 9 heavy (non-hydrogen) atoms. The predicted molar refractivity (Wildman–Crippen MR) is 46.0 cm³/mol. The van der Waals surface area contributed by atoms with Crippen LogP contribution >= 0.6 is 32.1 Å². The molecule has 0 aliphatic heterocycles. The Bertz CT molecular complexity index is 162. The van der Waals surface area contributed by atoms with Crippen molar-refractivity contribution < 1.29 is 0 Å². The Labute approximate surface area is 64.8 Å². The second-order valence-electron chi connectivity index (χ2n) is 1.28. The molecule has 1 unspecified atom stereocenters. The van der Waals surface area contributed by atoms with Crippen LogP contribution in [0.15, 0.2) is 9.85 Å². The third-order valence-electron chi connectivity index (χ3n) is 0.782. The summed E-state index contributed by atoms with van der Waals surface area (Å²) in [5.41, 5.74) is 1.74. The van der Waals surface area contributed by atoms with Gasteiger partial charge in [0.15, 0.2) is 4.34 Å². The number of hydrogen-bond acceptors (Lipinski definition) is 4. The smallest absolute Gasteiger partial charge is 0.149 e. The molecule has 1 radical (unpaired) electrons. The zero-order valence-electron chi connectivity index (χ0n) is 4.94. The predicted octanol–water partition coefficient (Wildman–Crippen LogP) is 1.97. The van der Waals surface area contributed by atoms with Crippen molar-refractivity contribution >= 4 is 32.1 Å². The van der Waals surface area contributed by atoms with Gasteiger partial charge in [0.1, 0.15) is 5.51 Å². The summed E-state index contributed by atoms with van der Waals surface area (Å²) < 4.78 is 1.07. The van der Waals surface area contributed by atoms with Gasteiger partial charge in [0, 0.05) is 0 Å². The Morgan fingerprint density at radius 1 is 1.89 bits per heavy atom. The fourth-order valence-electron chi connectivity index (χ4n) is 0.354. The van der Waals surface area contributed by atoms with Gasteiger partial charge in [-0.1, -0.05) is 11.3 Å². The summed E-state index contributed by atoms with van der Waals surface area (Å²) in [5, 5.41) is 7.62. The minimum absolute atomic E-state index is 0.325. The Hall–Kier alpha value is 0.260. The van der Waals surface area contributed by atoms with E-state index >= 15 is 0 Å². The monoisotopic (exact) mass is 179 g/mol. The molecule has 0 N–H and O–H groups in total. The maximum atomic E-state index is 3.93. The van der Waals surface area contributed by atoms with Crippen LogP contribution < -0.4 is 0 Å². The third-order valence-corrected chi connectivity index (χ3v) is 5.40. The van der Waals surface area contributed by atoms with Gasteiger partial charge in [0.25, 0.3) is 0 Å². The van der Waals surface area contributed by atoms with E-state index in [1.807, 2.05) is 6.26 Å². The number of nitrogens with zero attached hydrogens (tertiary/aromatic N) is 2. The maximum absolute atomic E-state index is 3.93. The van der Waals surface area contributed by atoms with Crippen molar-refractivity contribution in [3.05, 3.63) is 11.8 Å².